The van der Waals surface area contributed by atoms with E-state index in [9.17, 15) is 19.2 Å². The van der Waals surface area contributed by atoms with E-state index in [4.69, 9.17) is 4.74 Å². The molecule has 0 bridgehead atoms. The Morgan fingerprint density at radius 2 is 1.94 bits per heavy atom. The van der Waals surface area contributed by atoms with Gasteiger partial charge in [-0.05, 0) is 56.4 Å². The van der Waals surface area contributed by atoms with Crippen LogP contribution in [-0.4, -0.2) is 58.3 Å². The van der Waals surface area contributed by atoms with Crippen molar-refractivity contribution >= 4 is 29.4 Å². The first-order chi connectivity index (χ1) is 14.6. The minimum Gasteiger partial charge on any atom is -0.444 e. The largest absolute Gasteiger partial charge is 0.444 e. The second-order valence-corrected chi connectivity index (χ2v) is 9.18. The molecule has 31 heavy (non-hydrogen) atoms. The van der Waals surface area contributed by atoms with Crippen molar-refractivity contribution < 1.29 is 23.9 Å². The second kappa shape index (κ2) is 7.83. The molecule has 3 aliphatic rings. The summed E-state index contributed by atoms with van der Waals surface area (Å²) in [5, 5.41) is 2.32. The highest BCUT2D eigenvalue weighted by Crippen LogP contribution is 2.31. The lowest BCUT2D eigenvalue weighted by Gasteiger charge is -2.29. The van der Waals surface area contributed by atoms with Crippen LogP contribution in [0, 0.1) is 0 Å². The van der Waals surface area contributed by atoms with Gasteiger partial charge in [-0.3, -0.25) is 19.7 Å². The molecule has 0 saturated carbocycles. The molecule has 164 valence electrons. The van der Waals surface area contributed by atoms with Crippen molar-refractivity contribution in [2.45, 2.75) is 58.2 Å². The molecule has 3 heterocycles. The van der Waals surface area contributed by atoms with Crippen LogP contribution in [0.1, 0.15) is 61.5 Å². The third-order valence-corrected chi connectivity index (χ3v) is 5.76. The van der Waals surface area contributed by atoms with Gasteiger partial charge in [0.2, 0.25) is 11.8 Å². The number of nitrogens with one attached hydrogen (secondary N) is 1. The first kappa shape index (κ1) is 21.1. The molecule has 0 aliphatic carbocycles. The van der Waals surface area contributed by atoms with Gasteiger partial charge in [0.05, 0.1) is 0 Å². The predicted octanol–water partition coefficient (Wildman–Crippen LogP) is 2.47. The zero-order chi connectivity index (χ0) is 22.3. The summed E-state index contributed by atoms with van der Waals surface area (Å²) in [5.74, 6) is -0.884. The zero-order valence-corrected chi connectivity index (χ0v) is 18.1. The number of rotatable bonds is 2. The number of hydrogen-bond acceptors (Lipinski definition) is 5. The van der Waals surface area contributed by atoms with Crippen LogP contribution in [0.25, 0.3) is 5.57 Å². The normalized spacial score (nSPS) is 21.6. The van der Waals surface area contributed by atoms with Crippen molar-refractivity contribution in [1.29, 1.82) is 0 Å². The first-order valence-corrected chi connectivity index (χ1v) is 10.6. The van der Waals surface area contributed by atoms with Crippen molar-refractivity contribution in [2.24, 2.45) is 0 Å². The number of nitrogens with zero attached hydrogens (tertiary/aromatic N) is 2. The Kier molecular flexibility index (Phi) is 5.33. The maximum absolute atomic E-state index is 13.0. The lowest BCUT2D eigenvalue weighted by molar-refractivity contribution is -0.136. The van der Waals surface area contributed by atoms with E-state index in [1.165, 1.54) is 0 Å². The molecule has 1 atom stereocenters. The molecule has 3 aliphatic heterocycles. The Morgan fingerprint density at radius 1 is 1.16 bits per heavy atom. The van der Waals surface area contributed by atoms with E-state index in [1.54, 1.807) is 9.80 Å². The summed E-state index contributed by atoms with van der Waals surface area (Å²) < 4.78 is 5.43. The van der Waals surface area contributed by atoms with Gasteiger partial charge in [-0.15, -0.1) is 0 Å². The van der Waals surface area contributed by atoms with E-state index in [2.05, 4.69) is 5.32 Å². The number of piperidine rings is 1. The van der Waals surface area contributed by atoms with Crippen molar-refractivity contribution in [3.8, 4) is 0 Å². The molecule has 1 saturated heterocycles. The number of ether oxygens (including phenoxy) is 1. The molecule has 1 aromatic carbocycles. The van der Waals surface area contributed by atoms with Crippen molar-refractivity contribution in [2.75, 3.05) is 13.1 Å². The number of imide groups is 1. The highest BCUT2D eigenvalue weighted by atomic mass is 16.6. The monoisotopic (exact) mass is 425 g/mol. The van der Waals surface area contributed by atoms with Crippen LogP contribution >= 0.6 is 0 Å². The summed E-state index contributed by atoms with van der Waals surface area (Å²) in [6.07, 6.45) is 2.92. The highest BCUT2D eigenvalue weighted by Gasteiger charge is 2.39. The van der Waals surface area contributed by atoms with Gasteiger partial charge in [0.1, 0.15) is 11.6 Å². The Morgan fingerprint density at radius 3 is 2.58 bits per heavy atom. The molecule has 8 nitrogen and oxygen atoms in total. The highest BCUT2D eigenvalue weighted by molar-refractivity contribution is 6.05. The maximum atomic E-state index is 13.0. The van der Waals surface area contributed by atoms with E-state index >= 15 is 0 Å². The number of carbonyl (C=O) groups is 4. The Balaban J connectivity index is 1.47. The molecule has 1 unspecified atom stereocenters. The molecule has 0 spiro atoms. The number of amides is 4. The number of benzene rings is 1. The lowest BCUT2D eigenvalue weighted by atomic mass is 9.96. The Hall–Kier alpha value is -3.16. The fourth-order valence-corrected chi connectivity index (χ4v) is 4.18. The van der Waals surface area contributed by atoms with Gasteiger partial charge in [0.25, 0.3) is 5.91 Å². The topological polar surface area (TPSA) is 96.0 Å². The summed E-state index contributed by atoms with van der Waals surface area (Å²) in [5.41, 5.74) is 2.97. The first-order valence-electron chi connectivity index (χ1n) is 10.6. The molecule has 1 fully saturated rings. The van der Waals surface area contributed by atoms with Crippen LogP contribution in [0.3, 0.4) is 0 Å². The van der Waals surface area contributed by atoms with Gasteiger partial charge in [0.15, 0.2) is 0 Å². The molecule has 1 N–H and O–H groups in total. The molecule has 0 radical (unpaired) electrons. The van der Waals surface area contributed by atoms with E-state index in [0.717, 1.165) is 16.7 Å². The van der Waals surface area contributed by atoms with Gasteiger partial charge in [-0.25, -0.2) is 4.79 Å². The number of hydrogen-bond donors (Lipinski definition) is 1. The third kappa shape index (κ3) is 4.33. The molecule has 4 amide bonds. The summed E-state index contributed by atoms with van der Waals surface area (Å²) in [4.78, 5) is 52.1. The van der Waals surface area contributed by atoms with Gasteiger partial charge < -0.3 is 14.5 Å². The third-order valence-electron chi connectivity index (χ3n) is 5.76. The maximum Gasteiger partial charge on any atom is 0.410 e. The Bertz CT molecular complexity index is 991. The Labute approximate surface area is 181 Å². The van der Waals surface area contributed by atoms with E-state index in [0.29, 0.717) is 38.0 Å². The van der Waals surface area contributed by atoms with Gasteiger partial charge in [-0.1, -0.05) is 18.2 Å². The van der Waals surface area contributed by atoms with E-state index in [-0.39, 0.29) is 24.3 Å². The summed E-state index contributed by atoms with van der Waals surface area (Å²) in [7, 11) is 0. The molecular weight excluding hydrogens is 398 g/mol. The predicted molar refractivity (Wildman–Crippen MR) is 113 cm³/mol. The van der Waals surface area contributed by atoms with Crippen LogP contribution in [-0.2, 0) is 20.9 Å². The van der Waals surface area contributed by atoms with Crippen LogP contribution < -0.4 is 5.32 Å². The standard InChI is InChI=1S/C23H27N3O5/c1-23(2,3)31-22(30)25-10-8-14(9-11-25)15-4-5-16-13-26(21(29)17(16)12-15)18-6-7-19(27)24-20(18)28/h4-5,8,12,18H,6-7,9-11,13H2,1-3H3,(H,24,27,28). The second-order valence-electron chi connectivity index (χ2n) is 9.18. The van der Waals surface area contributed by atoms with Crippen molar-refractivity contribution in [1.82, 2.24) is 15.1 Å². The fraction of sp³-hybridized carbons (Fsp3) is 0.478. The average molecular weight is 425 g/mol. The van der Waals surface area contributed by atoms with Crippen molar-refractivity contribution in [3.63, 3.8) is 0 Å². The quantitative estimate of drug-likeness (QED) is 0.735. The SMILES string of the molecule is CC(C)(C)OC(=O)N1CC=C(c2ccc3c(c2)C(=O)N(C2CCC(=O)NC2=O)C3)CC1. The zero-order valence-electron chi connectivity index (χ0n) is 18.1. The molecule has 0 aromatic heterocycles. The molecule has 8 heteroatoms. The molecular formula is C23H27N3O5. The van der Waals surface area contributed by atoms with Crippen LogP contribution in [0.2, 0.25) is 0 Å². The van der Waals surface area contributed by atoms with Crippen LogP contribution in [0.4, 0.5) is 4.79 Å². The number of carbonyl (C=O) groups excluding carboxylic acids is 4. The van der Waals surface area contributed by atoms with E-state index < -0.39 is 17.6 Å². The summed E-state index contributed by atoms with van der Waals surface area (Å²) in [6, 6.07) is 5.17. The lowest BCUT2D eigenvalue weighted by Crippen LogP contribution is -2.52. The number of fused-ring (bicyclic) bond motifs is 1. The van der Waals surface area contributed by atoms with Gasteiger partial charge >= 0.3 is 6.09 Å². The van der Waals surface area contributed by atoms with Crippen LogP contribution in [0.15, 0.2) is 24.3 Å². The van der Waals surface area contributed by atoms with Crippen LogP contribution in [0.5, 0.6) is 0 Å². The fourth-order valence-electron chi connectivity index (χ4n) is 4.18. The molecule has 1 aromatic rings. The smallest absolute Gasteiger partial charge is 0.410 e. The minimum atomic E-state index is -0.614. The van der Waals surface area contributed by atoms with Crippen molar-refractivity contribution in [3.05, 3.63) is 41.0 Å². The molecule has 4 rings (SSSR count). The average Bonchev–Trinajstić information content (AvgIpc) is 3.03. The van der Waals surface area contributed by atoms with Gasteiger partial charge in [0, 0.05) is 31.6 Å². The van der Waals surface area contributed by atoms with E-state index in [1.807, 2.05) is 45.0 Å². The van der Waals surface area contributed by atoms with Gasteiger partial charge in [-0.2, -0.15) is 0 Å². The minimum absolute atomic E-state index is 0.182. The summed E-state index contributed by atoms with van der Waals surface area (Å²) >= 11 is 0. The summed E-state index contributed by atoms with van der Waals surface area (Å²) in [6.45, 7) is 6.90.